The minimum absolute atomic E-state index is 0.0854. The number of aromatic nitrogens is 3. The zero-order valence-corrected chi connectivity index (χ0v) is 32.4. The van der Waals surface area contributed by atoms with Gasteiger partial charge in [-0.15, -0.1) is 0 Å². The number of aromatic amines is 1. The molecule has 56 heavy (non-hydrogen) atoms. The highest BCUT2D eigenvalue weighted by Crippen LogP contribution is 2.48. The lowest BCUT2D eigenvalue weighted by Crippen LogP contribution is -2.32. The molecule has 1 amide bonds. The first kappa shape index (κ1) is 41.3. The van der Waals surface area contributed by atoms with Crippen LogP contribution in [0.1, 0.15) is 108 Å². The highest BCUT2D eigenvalue weighted by Gasteiger charge is 2.33. The number of rotatable bonds is 13. The summed E-state index contributed by atoms with van der Waals surface area (Å²) in [5.41, 5.74) is 1.30. The van der Waals surface area contributed by atoms with Crippen LogP contribution < -0.4 is 19.5 Å². The Labute approximate surface area is 326 Å². The molecule has 0 spiro atoms. The molecule has 0 radical (unpaired) electrons. The van der Waals surface area contributed by atoms with E-state index in [0.29, 0.717) is 67.9 Å². The van der Waals surface area contributed by atoms with Crippen LogP contribution in [0.5, 0.6) is 28.7 Å². The van der Waals surface area contributed by atoms with Crippen LogP contribution >= 0.6 is 0 Å². The topological polar surface area (TPSA) is 191 Å². The number of ether oxygens (including phenoxy) is 5. The Kier molecular flexibility index (Phi) is 14.5. The number of Topliss-reactive ketones (excluding diaryl/α,β-unsaturated/α-hetero) is 1. The Morgan fingerprint density at radius 1 is 1.00 bits per heavy atom. The SMILES string of the molecule is COCc1nc(C(Cc2ccccc2)NC(=O)CC(c2cc(OC)c(OC)c(OC)c2)c2c(O)cc3c(c2O)C(=O)O[C@@H](C)CCCC(=O)CCC/C=C/3)n[nH]1. The standard InChI is InChI=1S/C42H50N4O10/c1-25-13-12-18-29(47)17-11-7-10-16-27-20-32(48)38(39(50)37(27)42(51)56-25)30(28-21-33(53-3)40(55-5)34(22-28)54-4)23-36(49)43-31(19-26-14-8-6-9-15-26)41-44-35(24-52-2)45-46-41/h6,8-10,14-16,20-22,25,30-31,48,50H,7,11-13,17-19,23-24H2,1-5H3,(H,43,49)(H,44,45,46)/b16-10+/t25-,30?,31?/m0/s1. The third-order valence-electron chi connectivity index (χ3n) is 9.64. The van der Waals surface area contributed by atoms with Crippen molar-refractivity contribution in [1.29, 1.82) is 0 Å². The van der Waals surface area contributed by atoms with Crippen molar-refractivity contribution in [2.24, 2.45) is 0 Å². The molecule has 14 heteroatoms. The van der Waals surface area contributed by atoms with E-state index in [2.05, 4.69) is 20.5 Å². The smallest absolute Gasteiger partial charge is 0.342 e. The number of esters is 1. The van der Waals surface area contributed by atoms with Crippen LogP contribution in [0.15, 0.2) is 54.6 Å². The fourth-order valence-corrected chi connectivity index (χ4v) is 6.87. The molecule has 2 unspecified atom stereocenters. The monoisotopic (exact) mass is 770 g/mol. The highest BCUT2D eigenvalue weighted by molar-refractivity contribution is 5.98. The second-order valence-corrected chi connectivity index (χ2v) is 13.7. The number of cyclic esters (lactones) is 1. The molecule has 1 aliphatic rings. The van der Waals surface area contributed by atoms with Crippen molar-refractivity contribution >= 4 is 23.7 Å². The maximum Gasteiger partial charge on any atom is 0.342 e. The second kappa shape index (κ2) is 19.6. The van der Waals surface area contributed by atoms with E-state index in [1.807, 2.05) is 30.3 Å². The summed E-state index contributed by atoms with van der Waals surface area (Å²) in [4.78, 5) is 45.1. The van der Waals surface area contributed by atoms with Crippen LogP contribution in [0.4, 0.5) is 0 Å². The fourth-order valence-electron chi connectivity index (χ4n) is 6.87. The molecule has 4 N–H and O–H groups in total. The molecule has 5 rings (SSSR count). The van der Waals surface area contributed by atoms with Gasteiger partial charge in [0.05, 0.1) is 33.5 Å². The average molecular weight is 771 g/mol. The number of nitrogens with one attached hydrogen (secondary N) is 2. The van der Waals surface area contributed by atoms with Gasteiger partial charge >= 0.3 is 5.97 Å². The molecule has 1 aromatic heterocycles. The van der Waals surface area contributed by atoms with Crippen molar-refractivity contribution in [2.45, 2.75) is 83.0 Å². The first-order valence-electron chi connectivity index (χ1n) is 18.6. The number of aromatic hydroxyl groups is 2. The molecule has 0 saturated carbocycles. The zero-order chi connectivity index (χ0) is 40.2. The summed E-state index contributed by atoms with van der Waals surface area (Å²) in [6, 6.07) is 13.5. The third kappa shape index (κ3) is 10.2. The largest absolute Gasteiger partial charge is 0.507 e. The minimum atomic E-state index is -1.07. The Hall–Kier alpha value is -5.89. The van der Waals surface area contributed by atoms with Crippen LogP contribution in [0.2, 0.25) is 0 Å². The third-order valence-corrected chi connectivity index (χ3v) is 9.64. The van der Waals surface area contributed by atoms with Crippen molar-refractivity contribution in [3.05, 3.63) is 94.1 Å². The summed E-state index contributed by atoms with van der Waals surface area (Å²) >= 11 is 0. The van der Waals surface area contributed by atoms with Crippen molar-refractivity contribution < 1.29 is 48.3 Å². The van der Waals surface area contributed by atoms with Crippen LogP contribution in [0.3, 0.4) is 0 Å². The molecule has 3 atom stereocenters. The number of hydrogen-bond acceptors (Lipinski definition) is 12. The lowest BCUT2D eigenvalue weighted by atomic mass is 9.84. The number of H-pyrrole nitrogens is 1. The Morgan fingerprint density at radius 3 is 2.39 bits per heavy atom. The van der Waals surface area contributed by atoms with Gasteiger partial charge in [0.15, 0.2) is 23.1 Å². The molecule has 0 aliphatic carbocycles. The van der Waals surface area contributed by atoms with E-state index in [0.717, 1.165) is 5.56 Å². The van der Waals surface area contributed by atoms with E-state index in [1.54, 1.807) is 31.2 Å². The van der Waals surface area contributed by atoms with Gasteiger partial charge in [0, 0.05) is 44.3 Å². The second-order valence-electron chi connectivity index (χ2n) is 13.7. The quantitative estimate of drug-likeness (QED) is 0.108. The van der Waals surface area contributed by atoms with Gasteiger partial charge in [0.25, 0.3) is 0 Å². The normalized spacial score (nSPS) is 16.8. The number of phenols is 2. The summed E-state index contributed by atoms with van der Waals surface area (Å²) in [6.07, 6.45) is 5.83. The molecule has 0 bridgehead atoms. The maximum absolute atomic E-state index is 14.3. The molecule has 0 fully saturated rings. The summed E-state index contributed by atoms with van der Waals surface area (Å²) in [6.45, 7) is 1.92. The predicted molar refractivity (Wildman–Crippen MR) is 207 cm³/mol. The van der Waals surface area contributed by atoms with Gasteiger partial charge in [-0.05, 0) is 67.5 Å². The number of methoxy groups -OCH3 is 4. The van der Waals surface area contributed by atoms with E-state index >= 15 is 0 Å². The van der Waals surface area contributed by atoms with Gasteiger partial charge in [-0.2, -0.15) is 5.10 Å². The minimum Gasteiger partial charge on any atom is -0.507 e. The van der Waals surface area contributed by atoms with Gasteiger partial charge in [-0.1, -0.05) is 42.5 Å². The summed E-state index contributed by atoms with van der Waals surface area (Å²) in [7, 11) is 5.90. The van der Waals surface area contributed by atoms with Gasteiger partial charge in [0.2, 0.25) is 11.7 Å². The first-order valence-corrected chi connectivity index (χ1v) is 18.6. The number of nitrogens with zero attached hydrogens (tertiary/aromatic N) is 2. The van der Waals surface area contributed by atoms with Crippen LogP contribution in [0, 0.1) is 0 Å². The van der Waals surface area contributed by atoms with Crippen molar-refractivity contribution in [3.63, 3.8) is 0 Å². The Bertz CT molecular complexity index is 1990. The summed E-state index contributed by atoms with van der Waals surface area (Å²) < 4.78 is 27.8. The van der Waals surface area contributed by atoms with E-state index in [-0.39, 0.29) is 52.7 Å². The molecular weight excluding hydrogens is 720 g/mol. The highest BCUT2D eigenvalue weighted by atomic mass is 16.5. The van der Waals surface area contributed by atoms with E-state index in [4.69, 9.17) is 23.7 Å². The average Bonchev–Trinajstić information content (AvgIpc) is 3.65. The molecule has 4 aromatic rings. The lowest BCUT2D eigenvalue weighted by Gasteiger charge is -2.25. The van der Waals surface area contributed by atoms with Gasteiger partial charge < -0.3 is 39.2 Å². The van der Waals surface area contributed by atoms with E-state index in [9.17, 15) is 24.6 Å². The zero-order valence-electron chi connectivity index (χ0n) is 32.4. The number of fused-ring (bicyclic) bond motifs is 1. The molecule has 298 valence electrons. The number of carbonyl (C=O) groups is 3. The van der Waals surface area contributed by atoms with Gasteiger partial charge in [-0.3, -0.25) is 14.7 Å². The molecule has 0 saturated heterocycles. The van der Waals surface area contributed by atoms with Gasteiger partial charge in [-0.25, -0.2) is 9.78 Å². The molecule has 2 heterocycles. The van der Waals surface area contributed by atoms with Crippen molar-refractivity contribution in [2.75, 3.05) is 28.4 Å². The number of carbonyl (C=O) groups excluding carboxylic acids is 3. The number of amides is 1. The number of phenolic OH excluding ortho intramolecular Hbond substituents is 2. The summed E-state index contributed by atoms with van der Waals surface area (Å²) in [5, 5.41) is 34.2. The number of hydrogen-bond donors (Lipinski definition) is 4. The van der Waals surface area contributed by atoms with E-state index in [1.165, 1.54) is 34.5 Å². The Balaban J connectivity index is 1.62. The maximum atomic E-state index is 14.3. The van der Waals surface area contributed by atoms with Crippen LogP contribution in [-0.2, 0) is 32.1 Å². The molecule has 3 aromatic carbocycles. The number of ketones is 1. The van der Waals surface area contributed by atoms with Crippen molar-refractivity contribution in [3.8, 4) is 28.7 Å². The molecule has 1 aliphatic heterocycles. The van der Waals surface area contributed by atoms with E-state index < -0.39 is 35.7 Å². The summed E-state index contributed by atoms with van der Waals surface area (Å²) in [5.74, 6) is -1.47. The molecule has 14 nitrogen and oxygen atoms in total. The molecular formula is C42H50N4O10. The fraction of sp³-hybridized carbons (Fsp3) is 0.405. The van der Waals surface area contributed by atoms with Crippen molar-refractivity contribution in [1.82, 2.24) is 20.5 Å². The number of allylic oxidation sites excluding steroid dienone is 1. The predicted octanol–water partition coefficient (Wildman–Crippen LogP) is 6.49. The Morgan fingerprint density at radius 2 is 1.71 bits per heavy atom. The number of benzene rings is 3. The van der Waals surface area contributed by atoms with Crippen LogP contribution in [0.25, 0.3) is 6.08 Å². The lowest BCUT2D eigenvalue weighted by molar-refractivity contribution is -0.122. The van der Waals surface area contributed by atoms with Gasteiger partial charge in [0.1, 0.15) is 29.5 Å². The van der Waals surface area contributed by atoms with Crippen LogP contribution in [-0.4, -0.2) is 77.6 Å². The first-order chi connectivity index (χ1) is 27.1.